The van der Waals surface area contributed by atoms with Gasteiger partial charge in [-0.15, -0.1) is 0 Å². The van der Waals surface area contributed by atoms with Crippen molar-refractivity contribution in [2.24, 2.45) is 4.99 Å². The summed E-state index contributed by atoms with van der Waals surface area (Å²) in [6.45, 7) is -1.39. The van der Waals surface area contributed by atoms with Crippen LogP contribution in [0.2, 0.25) is 0 Å². The predicted molar refractivity (Wildman–Crippen MR) is 96.7 cm³/mol. The van der Waals surface area contributed by atoms with Crippen molar-refractivity contribution in [3.63, 3.8) is 0 Å². The normalized spacial score (nSPS) is 20.1. The summed E-state index contributed by atoms with van der Waals surface area (Å²) in [5, 5.41) is 22.6. The lowest BCUT2D eigenvalue weighted by molar-refractivity contribution is 0.0167. The van der Waals surface area contributed by atoms with Crippen LogP contribution in [0.15, 0.2) is 9.79 Å². The SMILES string of the molecule is Nc1nc2c(c(=O)[nH]1)N=C([C@H](O)[C@H](O)COP(=O)(O)OP(=O)(O)OP(=O)(O)O)CN2. The van der Waals surface area contributed by atoms with Gasteiger partial charge in [-0.3, -0.25) is 14.3 Å². The number of H-pyrrole nitrogens is 1. The molecular weight excluding hydrogens is 479 g/mol. The molecule has 0 aliphatic carbocycles. The quantitative estimate of drug-likeness (QED) is 0.166. The lowest BCUT2D eigenvalue weighted by atomic mass is 10.1. The van der Waals surface area contributed by atoms with E-state index in [0.29, 0.717) is 0 Å². The molecule has 0 aromatic carbocycles. The molecule has 1 aromatic heterocycles. The molecular formula is C9H16N5O13P3. The Morgan fingerprint density at radius 2 is 1.73 bits per heavy atom. The molecule has 0 radical (unpaired) electrons. The summed E-state index contributed by atoms with van der Waals surface area (Å²) in [5.41, 5.74) is 4.15. The average Bonchev–Trinajstić information content (AvgIpc) is 2.55. The lowest BCUT2D eigenvalue weighted by Gasteiger charge is -2.24. The van der Waals surface area contributed by atoms with Crippen LogP contribution < -0.4 is 16.6 Å². The molecule has 21 heteroatoms. The van der Waals surface area contributed by atoms with Gasteiger partial charge in [0.1, 0.15) is 12.2 Å². The van der Waals surface area contributed by atoms with Crippen LogP contribution in [0.5, 0.6) is 0 Å². The zero-order valence-corrected chi connectivity index (χ0v) is 17.1. The van der Waals surface area contributed by atoms with E-state index in [1.165, 1.54) is 0 Å². The first-order chi connectivity index (χ1) is 13.6. The maximum atomic E-state index is 11.8. The van der Waals surface area contributed by atoms with E-state index in [0.717, 1.165) is 0 Å². The number of phosphoric ester groups is 1. The maximum Gasteiger partial charge on any atom is 0.490 e. The molecule has 0 bridgehead atoms. The van der Waals surface area contributed by atoms with Crippen molar-refractivity contribution in [2.75, 3.05) is 24.2 Å². The Bertz CT molecular complexity index is 1040. The Hall–Kier alpha value is -1.52. The van der Waals surface area contributed by atoms with Gasteiger partial charge in [0.05, 0.1) is 18.9 Å². The highest BCUT2D eigenvalue weighted by Crippen LogP contribution is 2.66. The summed E-state index contributed by atoms with van der Waals surface area (Å²) in [6.07, 6.45) is -3.81. The van der Waals surface area contributed by atoms with E-state index >= 15 is 0 Å². The number of nitrogens with one attached hydrogen (secondary N) is 2. The van der Waals surface area contributed by atoms with Crippen LogP contribution in [0.3, 0.4) is 0 Å². The van der Waals surface area contributed by atoms with Gasteiger partial charge in [-0.1, -0.05) is 0 Å². The van der Waals surface area contributed by atoms with Gasteiger partial charge >= 0.3 is 23.5 Å². The second-order valence-corrected chi connectivity index (χ2v) is 9.92. The number of aromatic nitrogens is 2. The van der Waals surface area contributed by atoms with E-state index < -0.39 is 47.8 Å². The molecule has 0 saturated carbocycles. The number of anilines is 2. The Morgan fingerprint density at radius 1 is 1.10 bits per heavy atom. The van der Waals surface area contributed by atoms with E-state index in [9.17, 15) is 33.6 Å². The largest absolute Gasteiger partial charge is 0.490 e. The highest BCUT2D eigenvalue weighted by atomic mass is 31.3. The molecule has 1 aliphatic heterocycles. The minimum atomic E-state index is -5.73. The minimum Gasteiger partial charge on any atom is -0.388 e. The molecule has 2 heterocycles. The monoisotopic (exact) mass is 495 g/mol. The number of aliphatic hydroxyl groups is 2. The van der Waals surface area contributed by atoms with Crippen LogP contribution in [-0.4, -0.2) is 70.8 Å². The van der Waals surface area contributed by atoms with E-state index in [-0.39, 0.29) is 29.7 Å². The lowest BCUT2D eigenvalue weighted by Crippen LogP contribution is -2.41. The molecule has 18 nitrogen and oxygen atoms in total. The number of aliphatic hydroxyl groups excluding tert-OH is 2. The van der Waals surface area contributed by atoms with Crippen LogP contribution in [0.1, 0.15) is 0 Å². The molecule has 0 fully saturated rings. The molecule has 0 spiro atoms. The third kappa shape index (κ3) is 7.02. The molecule has 10 N–H and O–H groups in total. The number of rotatable bonds is 9. The summed E-state index contributed by atoms with van der Waals surface area (Å²) < 4.78 is 44.5. The third-order valence-corrected chi connectivity index (χ3v) is 6.94. The fourth-order valence-corrected chi connectivity index (χ4v) is 5.06. The van der Waals surface area contributed by atoms with E-state index in [1.807, 2.05) is 0 Å². The summed E-state index contributed by atoms with van der Waals surface area (Å²) in [7, 11) is -16.8. The van der Waals surface area contributed by atoms with Crippen LogP contribution in [0, 0.1) is 0 Å². The average molecular weight is 495 g/mol. The molecule has 1 aromatic rings. The van der Waals surface area contributed by atoms with Gasteiger partial charge in [-0.2, -0.15) is 13.6 Å². The minimum absolute atomic E-state index is 0.00922. The molecule has 0 saturated heterocycles. The molecule has 2 rings (SSSR count). The fourth-order valence-electron chi connectivity index (χ4n) is 2.03. The number of nitrogen functional groups attached to an aromatic ring is 1. The van der Waals surface area contributed by atoms with Gasteiger partial charge in [-0.25, -0.2) is 18.7 Å². The van der Waals surface area contributed by atoms with Gasteiger partial charge in [0.15, 0.2) is 11.5 Å². The Morgan fingerprint density at radius 3 is 2.33 bits per heavy atom. The van der Waals surface area contributed by atoms with Gasteiger partial charge in [0, 0.05) is 0 Å². The number of nitrogens with zero attached hydrogens (tertiary/aromatic N) is 2. The predicted octanol–water partition coefficient (Wildman–Crippen LogP) is -2.08. The van der Waals surface area contributed by atoms with Crippen molar-refractivity contribution in [1.29, 1.82) is 0 Å². The van der Waals surface area contributed by atoms with Crippen LogP contribution in [-0.2, 0) is 26.8 Å². The molecule has 4 atom stereocenters. The smallest absolute Gasteiger partial charge is 0.388 e. The molecule has 2 unspecified atom stereocenters. The van der Waals surface area contributed by atoms with Crippen molar-refractivity contribution in [3.8, 4) is 0 Å². The van der Waals surface area contributed by atoms with Crippen molar-refractivity contribution >= 4 is 46.6 Å². The molecule has 0 amide bonds. The first-order valence-corrected chi connectivity index (χ1v) is 12.0. The number of aromatic amines is 1. The number of hydrogen-bond donors (Lipinski definition) is 9. The number of aliphatic imine (C=N–C) groups is 1. The van der Waals surface area contributed by atoms with Crippen molar-refractivity contribution < 1.29 is 56.6 Å². The maximum absolute atomic E-state index is 11.8. The van der Waals surface area contributed by atoms with Crippen LogP contribution >= 0.6 is 23.5 Å². The first kappa shape index (κ1) is 24.7. The number of phosphoric acid groups is 3. The number of nitrogens with two attached hydrogens (primary N) is 1. The summed E-state index contributed by atoms with van der Waals surface area (Å²) in [5.74, 6) is -0.184. The van der Waals surface area contributed by atoms with Gasteiger partial charge in [-0.05, 0) is 0 Å². The van der Waals surface area contributed by atoms with Gasteiger partial charge in [0.2, 0.25) is 5.95 Å². The summed E-state index contributed by atoms with van der Waals surface area (Å²) in [6, 6.07) is 0. The van der Waals surface area contributed by atoms with Crippen LogP contribution in [0.25, 0.3) is 0 Å². The second kappa shape index (κ2) is 8.92. The Labute approximate surface area is 165 Å². The Balaban J connectivity index is 2.04. The highest BCUT2D eigenvalue weighted by molar-refractivity contribution is 7.66. The van der Waals surface area contributed by atoms with Gasteiger partial charge in [0.25, 0.3) is 5.56 Å². The van der Waals surface area contributed by atoms with E-state index in [1.54, 1.807) is 0 Å². The summed E-state index contributed by atoms with van der Waals surface area (Å²) >= 11 is 0. The molecule has 1 aliphatic rings. The third-order valence-electron chi connectivity index (χ3n) is 3.14. The zero-order valence-electron chi connectivity index (χ0n) is 14.4. The summed E-state index contributed by atoms with van der Waals surface area (Å²) in [4.78, 5) is 56.8. The molecule has 30 heavy (non-hydrogen) atoms. The van der Waals surface area contributed by atoms with Crippen molar-refractivity contribution in [3.05, 3.63) is 10.4 Å². The number of hydrogen-bond acceptors (Lipinski definition) is 13. The highest BCUT2D eigenvalue weighted by Gasteiger charge is 2.41. The first-order valence-electron chi connectivity index (χ1n) is 7.44. The standard InChI is InChI=1S/C9H16N5O13P3/c10-9-13-7-5(8(17)14-9)12-3(1-11-7)6(16)4(15)2-25-29(21,22)27-30(23,24)26-28(18,19)20/h4,6,15-16H,1-2H2,(H,21,22)(H,23,24)(H2,18,19,20)(H4,10,11,13,14,17)/t4-,6+/m1/s1. The topological polar surface area (TPSA) is 296 Å². The fraction of sp³-hybridized carbons (Fsp3) is 0.444. The van der Waals surface area contributed by atoms with E-state index in [4.69, 9.17) is 20.4 Å². The van der Waals surface area contributed by atoms with Crippen LogP contribution in [0.4, 0.5) is 17.5 Å². The Kier molecular flexibility index (Phi) is 7.36. The van der Waals surface area contributed by atoms with Crippen molar-refractivity contribution in [1.82, 2.24) is 9.97 Å². The molecule has 170 valence electrons. The zero-order chi connectivity index (χ0) is 22.9. The van der Waals surface area contributed by atoms with Gasteiger partial charge < -0.3 is 40.8 Å². The second-order valence-electron chi connectivity index (χ2n) is 5.50. The van der Waals surface area contributed by atoms with E-state index in [2.05, 4.69) is 33.4 Å². The number of fused-ring (bicyclic) bond motifs is 1. The van der Waals surface area contributed by atoms with Crippen molar-refractivity contribution in [2.45, 2.75) is 12.2 Å².